The Balaban J connectivity index is 4.84. The second-order valence-electron chi connectivity index (χ2n) is 3.67. The monoisotopic (exact) mass is 194 g/mol. The molecule has 0 radical (unpaired) electrons. The Labute approximate surface area is 75.0 Å². The van der Waals surface area contributed by atoms with Gasteiger partial charge in [-0.25, -0.2) is 0 Å². The van der Waals surface area contributed by atoms with E-state index in [-0.39, 0.29) is 5.92 Å². The molecule has 0 saturated carbocycles. The van der Waals surface area contributed by atoms with Gasteiger partial charge in [0, 0.05) is 14.2 Å². The van der Waals surface area contributed by atoms with Crippen molar-refractivity contribution in [3.8, 4) is 0 Å². The third-order valence-electron chi connectivity index (χ3n) is 2.60. The maximum absolute atomic E-state index is 12.0. The molecule has 0 saturated heterocycles. The molecule has 0 N–H and O–H groups in total. The van der Waals surface area contributed by atoms with Crippen molar-refractivity contribution in [2.75, 3.05) is 14.2 Å². The molecule has 0 fully saturated rings. The first-order valence-electron chi connectivity index (χ1n) is 4.03. The fourth-order valence-electron chi connectivity index (χ4n) is 0.861. The van der Waals surface area contributed by atoms with Crippen LogP contribution in [0.3, 0.4) is 0 Å². The minimum atomic E-state index is -2.94. The summed E-state index contributed by atoms with van der Waals surface area (Å²) in [5.41, 5.74) is 0. The maximum Gasteiger partial charge on any atom is 0.335 e. The third kappa shape index (κ3) is 1.90. The molecule has 0 aliphatic heterocycles. The van der Waals surface area contributed by atoms with Crippen molar-refractivity contribution in [1.82, 2.24) is 0 Å². The van der Waals surface area contributed by atoms with Crippen LogP contribution in [0.4, 0.5) is 0 Å². The average molecular weight is 194 g/mol. The molecule has 0 bridgehead atoms. The van der Waals surface area contributed by atoms with Gasteiger partial charge < -0.3 is 9.05 Å². The summed E-state index contributed by atoms with van der Waals surface area (Å²) >= 11 is 0. The van der Waals surface area contributed by atoms with Crippen molar-refractivity contribution < 1.29 is 13.6 Å². The van der Waals surface area contributed by atoms with E-state index >= 15 is 0 Å². The van der Waals surface area contributed by atoms with E-state index in [1.807, 2.05) is 27.7 Å². The summed E-state index contributed by atoms with van der Waals surface area (Å²) in [7, 11) is -0.0902. The first kappa shape index (κ1) is 12.2. The molecule has 0 aliphatic rings. The van der Waals surface area contributed by atoms with E-state index in [2.05, 4.69) is 0 Å². The Morgan fingerprint density at radius 3 is 1.58 bits per heavy atom. The predicted molar refractivity (Wildman–Crippen MR) is 50.5 cm³/mol. The van der Waals surface area contributed by atoms with Gasteiger partial charge in [0.05, 0.1) is 5.16 Å². The molecule has 0 aromatic heterocycles. The largest absolute Gasteiger partial charge is 0.335 e. The first-order valence-corrected chi connectivity index (χ1v) is 5.57. The zero-order chi connectivity index (χ0) is 9.99. The highest BCUT2D eigenvalue weighted by atomic mass is 31.2. The number of hydrogen-bond acceptors (Lipinski definition) is 3. The van der Waals surface area contributed by atoms with Crippen LogP contribution in [-0.4, -0.2) is 19.4 Å². The van der Waals surface area contributed by atoms with Crippen molar-refractivity contribution in [3.05, 3.63) is 0 Å². The van der Waals surface area contributed by atoms with E-state index in [1.54, 1.807) is 0 Å². The molecule has 0 aromatic rings. The summed E-state index contributed by atoms with van der Waals surface area (Å²) in [5, 5.41) is -0.434. The Hall–Kier alpha value is 0.150. The highest BCUT2D eigenvalue weighted by molar-refractivity contribution is 7.55. The van der Waals surface area contributed by atoms with Crippen LogP contribution in [0.15, 0.2) is 0 Å². The van der Waals surface area contributed by atoms with Gasteiger partial charge in [0.2, 0.25) is 0 Å². The molecule has 0 atom stereocenters. The molecule has 0 unspecified atom stereocenters. The summed E-state index contributed by atoms with van der Waals surface area (Å²) in [6.07, 6.45) is 0. The highest BCUT2D eigenvalue weighted by Gasteiger charge is 2.44. The second-order valence-corrected chi connectivity index (χ2v) is 6.55. The van der Waals surface area contributed by atoms with Gasteiger partial charge in [0.25, 0.3) is 0 Å². The Kier molecular flexibility index (Phi) is 3.95. The molecule has 74 valence electrons. The normalized spacial score (nSPS) is 13.9. The van der Waals surface area contributed by atoms with Gasteiger partial charge in [0.1, 0.15) is 0 Å². The van der Waals surface area contributed by atoms with E-state index in [0.29, 0.717) is 0 Å². The van der Waals surface area contributed by atoms with E-state index < -0.39 is 12.8 Å². The van der Waals surface area contributed by atoms with Crippen molar-refractivity contribution in [3.63, 3.8) is 0 Å². The molecule has 3 nitrogen and oxygen atoms in total. The lowest BCUT2D eigenvalue weighted by Gasteiger charge is -2.34. The van der Waals surface area contributed by atoms with Crippen LogP contribution in [0.5, 0.6) is 0 Å². The minimum Gasteiger partial charge on any atom is -0.312 e. The molecule has 0 heterocycles. The standard InChI is InChI=1S/C8H19O3P/c1-7(2)8(3,4)12(9,10-5)11-6/h7H,1-6H3. The Morgan fingerprint density at radius 1 is 1.17 bits per heavy atom. The second kappa shape index (κ2) is 3.91. The molecular weight excluding hydrogens is 175 g/mol. The van der Waals surface area contributed by atoms with Gasteiger partial charge in [-0.05, 0) is 19.8 Å². The average Bonchev–Trinajstić information content (AvgIpc) is 2.02. The summed E-state index contributed by atoms with van der Waals surface area (Å²) in [5.74, 6) is 0.253. The molecule has 0 rings (SSSR count). The van der Waals surface area contributed by atoms with Gasteiger partial charge >= 0.3 is 7.60 Å². The molecule has 0 amide bonds. The van der Waals surface area contributed by atoms with Crippen LogP contribution in [0.25, 0.3) is 0 Å². The van der Waals surface area contributed by atoms with Crippen molar-refractivity contribution >= 4 is 7.60 Å². The minimum absolute atomic E-state index is 0.253. The fourth-order valence-corrected chi connectivity index (χ4v) is 2.58. The van der Waals surface area contributed by atoms with Crippen molar-refractivity contribution in [1.29, 1.82) is 0 Å². The smallest absolute Gasteiger partial charge is 0.312 e. The van der Waals surface area contributed by atoms with Gasteiger partial charge in [-0.2, -0.15) is 0 Å². The van der Waals surface area contributed by atoms with E-state index in [9.17, 15) is 4.57 Å². The van der Waals surface area contributed by atoms with Crippen LogP contribution >= 0.6 is 7.60 Å². The lowest BCUT2D eigenvalue weighted by molar-refractivity contribution is 0.236. The molecule has 0 aliphatic carbocycles. The zero-order valence-electron chi connectivity index (χ0n) is 8.75. The van der Waals surface area contributed by atoms with Crippen molar-refractivity contribution in [2.45, 2.75) is 32.9 Å². The van der Waals surface area contributed by atoms with Crippen LogP contribution < -0.4 is 0 Å². The third-order valence-corrected chi connectivity index (χ3v) is 5.49. The molecule has 4 heteroatoms. The lowest BCUT2D eigenvalue weighted by Crippen LogP contribution is -2.28. The van der Waals surface area contributed by atoms with Gasteiger partial charge in [0.15, 0.2) is 0 Å². The first-order chi connectivity index (χ1) is 5.31. The van der Waals surface area contributed by atoms with Crippen LogP contribution in [-0.2, 0) is 13.6 Å². The van der Waals surface area contributed by atoms with Gasteiger partial charge in [-0.3, -0.25) is 4.57 Å². The summed E-state index contributed by atoms with van der Waals surface area (Å²) in [6, 6.07) is 0. The molecule has 12 heavy (non-hydrogen) atoms. The summed E-state index contributed by atoms with van der Waals surface area (Å²) in [4.78, 5) is 0. The predicted octanol–water partition coefficient (Wildman–Crippen LogP) is 2.91. The Morgan fingerprint density at radius 2 is 1.50 bits per heavy atom. The summed E-state index contributed by atoms with van der Waals surface area (Å²) < 4.78 is 21.9. The van der Waals surface area contributed by atoms with E-state index in [1.165, 1.54) is 14.2 Å². The molecular formula is C8H19O3P. The zero-order valence-corrected chi connectivity index (χ0v) is 9.64. The maximum atomic E-state index is 12.0. The van der Waals surface area contributed by atoms with Gasteiger partial charge in [-0.1, -0.05) is 13.8 Å². The number of hydrogen-bond donors (Lipinski definition) is 0. The van der Waals surface area contributed by atoms with Crippen LogP contribution in [0.1, 0.15) is 27.7 Å². The molecule has 0 aromatic carbocycles. The lowest BCUT2D eigenvalue weighted by atomic mass is 10.00. The van der Waals surface area contributed by atoms with E-state index in [0.717, 1.165) is 0 Å². The SMILES string of the molecule is COP(=O)(OC)C(C)(C)C(C)C. The topological polar surface area (TPSA) is 35.5 Å². The van der Waals surface area contributed by atoms with Crippen LogP contribution in [0.2, 0.25) is 0 Å². The number of rotatable bonds is 4. The quantitative estimate of drug-likeness (QED) is 0.645. The summed E-state index contributed by atoms with van der Waals surface area (Å²) in [6.45, 7) is 7.80. The fraction of sp³-hybridized carbons (Fsp3) is 1.00. The molecule has 0 spiro atoms. The van der Waals surface area contributed by atoms with E-state index in [4.69, 9.17) is 9.05 Å². The van der Waals surface area contributed by atoms with Crippen LogP contribution in [0, 0.1) is 5.92 Å². The Bertz CT molecular complexity index is 179. The highest BCUT2D eigenvalue weighted by Crippen LogP contribution is 2.61. The van der Waals surface area contributed by atoms with Crippen molar-refractivity contribution in [2.24, 2.45) is 5.92 Å². The van der Waals surface area contributed by atoms with Gasteiger partial charge in [-0.15, -0.1) is 0 Å².